The zero-order chi connectivity index (χ0) is 10.8. The molecule has 3 saturated heterocycles. The van der Waals surface area contributed by atoms with E-state index in [1.54, 1.807) is 0 Å². The van der Waals surface area contributed by atoms with E-state index in [9.17, 15) is 0 Å². The fourth-order valence-corrected chi connectivity index (χ4v) is 3.88. The SMILES string of the molecule is CC1(C)O[C@@H]2[C@@H]3OC[C@@H](O3)C(I)(I)[C@@H]2O1. The molecule has 0 saturated carbocycles. The van der Waals surface area contributed by atoms with Crippen LogP contribution in [0.5, 0.6) is 0 Å². The molecule has 4 nitrogen and oxygen atoms in total. The second-order valence-electron chi connectivity index (χ2n) is 4.52. The Balaban J connectivity index is 1.95. The van der Waals surface area contributed by atoms with Crippen LogP contribution in [-0.2, 0) is 18.9 Å². The molecule has 0 aromatic rings. The van der Waals surface area contributed by atoms with Crippen molar-refractivity contribution in [3.63, 3.8) is 0 Å². The summed E-state index contributed by atoms with van der Waals surface area (Å²) in [6.45, 7) is 4.50. The van der Waals surface area contributed by atoms with Gasteiger partial charge in [-0.05, 0) is 13.8 Å². The summed E-state index contributed by atoms with van der Waals surface area (Å²) in [5.74, 6) is -0.534. The van der Waals surface area contributed by atoms with Gasteiger partial charge >= 0.3 is 0 Å². The summed E-state index contributed by atoms with van der Waals surface area (Å²) in [5.41, 5.74) is 0. The fourth-order valence-electron chi connectivity index (χ4n) is 2.27. The molecule has 4 atom stereocenters. The van der Waals surface area contributed by atoms with Gasteiger partial charge in [0.1, 0.15) is 19.7 Å². The zero-order valence-corrected chi connectivity index (χ0v) is 12.7. The molecule has 86 valence electrons. The molecule has 6 heteroatoms. The Bertz CT molecular complexity index is 294. The van der Waals surface area contributed by atoms with E-state index in [-0.39, 0.29) is 26.0 Å². The highest BCUT2D eigenvalue weighted by molar-refractivity contribution is 14.2. The van der Waals surface area contributed by atoms with Gasteiger partial charge in [0.2, 0.25) is 0 Å². The van der Waals surface area contributed by atoms with Crippen molar-refractivity contribution in [1.29, 1.82) is 0 Å². The quantitative estimate of drug-likeness (QED) is 0.428. The molecule has 3 rings (SSSR count). The summed E-state index contributed by atoms with van der Waals surface area (Å²) in [4.78, 5) is 0. The fraction of sp³-hybridized carbons (Fsp3) is 1.00. The molecular formula is C9H12I2O4. The summed E-state index contributed by atoms with van der Waals surface area (Å²) < 4.78 is 23.0. The van der Waals surface area contributed by atoms with Crippen LogP contribution in [0.25, 0.3) is 0 Å². The van der Waals surface area contributed by atoms with E-state index in [0.29, 0.717) is 6.61 Å². The van der Waals surface area contributed by atoms with Crippen LogP contribution in [0.15, 0.2) is 0 Å². The normalized spacial score (nSPS) is 50.4. The number of halogens is 2. The summed E-state index contributed by atoms with van der Waals surface area (Å²) in [7, 11) is 0. The lowest BCUT2D eigenvalue weighted by molar-refractivity contribution is -0.185. The maximum Gasteiger partial charge on any atom is 0.187 e. The first kappa shape index (κ1) is 11.4. The van der Waals surface area contributed by atoms with Gasteiger partial charge in [-0.15, -0.1) is 0 Å². The molecule has 3 aliphatic heterocycles. The molecule has 0 N–H and O–H groups in total. The standard InChI is InChI=1S/C9H12I2O4/c1-8(2)14-5-6(15-8)9(10,11)4-3-12-7(5)13-4/h4-7H,3H2,1-2H3/t4-,5+,6-,7-/m1/s1. The van der Waals surface area contributed by atoms with E-state index in [1.807, 2.05) is 13.8 Å². The van der Waals surface area contributed by atoms with Crippen LogP contribution < -0.4 is 0 Å². The Labute approximate surface area is 116 Å². The maximum atomic E-state index is 5.95. The topological polar surface area (TPSA) is 36.9 Å². The monoisotopic (exact) mass is 438 g/mol. The molecule has 0 aromatic heterocycles. The lowest BCUT2D eigenvalue weighted by Gasteiger charge is -2.38. The van der Waals surface area contributed by atoms with Crippen molar-refractivity contribution >= 4 is 45.2 Å². The van der Waals surface area contributed by atoms with Crippen molar-refractivity contribution in [2.24, 2.45) is 0 Å². The lowest BCUT2D eigenvalue weighted by Crippen LogP contribution is -2.54. The second kappa shape index (κ2) is 3.41. The highest BCUT2D eigenvalue weighted by atomic mass is 127. The number of hydrogen-bond acceptors (Lipinski definition) is 4. The summed E-state index contributed by atoms with van der Waals surface area (Å²) in [5, 5.41) is 0. The van der Waals surface area contributed by atoms with Gasteiger partial charge in [0, 0.05) is 0 Å². The summed E-state index contributed by atoms with van der Waals surface area (Å²) in [6, 6.07) is 0. The average molecular weight is 438 g/mol. The van der Waals surface area contributed by atoms with E-state index < -0.39 is 5.79 Å². The number of hydrogen-bond donors (Lipinski definition) is 0. The smallest absolute Gasteiger partial charge is 0.187 e. The Kier molecular flexibility index (Phi) is 2.59. The minimum absolute atomic E-state index is 0.0416. The molecule has 2 bridgehead atoms. The molecule has 0 unspecified atom stereocenters. The van der Waals surface area contributed by atoms with Crippen molar-refractivity contribution in [3.05, 3.63) is 0 Å². The molecule has 3 fully saturated rings. The van der Waals surface area contributed by atoms with Gasteiger partial charge in [-0.25, -0.2) is 0 Å². The number of fused-ring (bicyclic) bond motifs is 4. The lowest BCUT2D eigenvalue weighted by atomic mass is 10.0. The minimum atomic E-state index is -0.534. The van der Waals surface area contributed by atoms with E-state index in [1.165, 1.54) is 0 Å². The average Bonchev–Trinajstić information content (AvgIpc) is 2.65. The second-order valence-corrected chi connectivity index (χ2v) is 10.2. The Morgan fingerprint density at radius 3 is 2.67 bits per heavy atom. The predicted molar refractivity (Wildman–Crippen MR) is 69.2 cm³/mol. The van der Waals surface area contributed by atoms with Crippen molar-refractivity contribution in [1.82, 2.24) is 0 Å². The maximum absolute atomic E-state index is 5.95. The predicted octanol–water partition coefficient (Wildman–Crippen LogP) is 1.83. The van der Waals surface area contributed by atoms with Crippen LogP contribution in [0.2, 0.25) is 0 Å². The molecule has 0 amide bonds. The first-order valence-electron chi connectivity index (χ1n) is 4.91. The third-order valence-electron chi connectivity index (χ3n) is 2.92. The van der Waals surface area contributed by atoms with E-state index >= 15 is 0 Å². The van der Waals surface area contributed by atoms with Crippen LogP contribution >= 0.6 is 45.2 Å². The largest absolute Gasteiger partial charge is 0.347 e. The van der Waals surface area contributed by atoms with Crippen molar-refractivity contribution in [3.8, 4) is 0 Å². The van der Waals surface area contributed by atoms with Crippen molar-refractivity contribution < 1.29 is 18.9 Å². The highest BCUT2D eigenvalue weighted by Gasteiger charge is 2.64. The van der Waals surface area contributed by atoms with E-state index in [0.717, 1.165) is 0 Å². The molecule has 0 aromatic carbocycles. The van der Waals surface area contributed by atoms with E-state index in [2.05, 4.69) is 45.2 Å². The Hall–Kier alpha value is 1.30. The molecule has 15 heavy (non-hydrogen) atoms. The van der Waals surface area contributed by atoms with Crippen LogP contribution in [0, 0.1) is 0 Å². The third-order valence-corrected chi connectivity index (χ3v) is 5.53. The van der Waals surface area contributed by atoms with Gasteiger partial charge < -0.3 is 18.9 Å². The Morgan fingerprint density at radius 1 is 1.20 bits per heavy atom. The molecule has 3 aliphatic rings. The van der Waals surface area contributed by atoms with E-state index in [4.69, 9.17) is 18.9 Å². The summed E-state index contributed by atoms with van der Waals surface area (Å²) in [6.07, 6.45) is -0.214. The Morgan fingerprint density at radius 2 is 1.93 bits per heavy atom. The van der Waals surface area contributed by atoms with Gasteiger partial charge in [0.05, 0.1) is 6.61 Å². The van der Waals surface area contributed by atoms with Gasteiger partial charge in [-0.2, -0.15) is 0 Å². The molecule has 0 spiro atoms. The van der Waals surface area contributed by atoms with Crippen LogP contribution in [-0.4, -0.2) is 38.4 Å². The van der Waals surface area contributed by atoms with Crippen LogP contribution in [0.1, 0.15) is 13.8 Å². The highest BCUT2D eigenvalue weighted by Crippen LogP contribution is 2.52. The number of ether oxygens (including phenoxy) is 4. The van der Waals surface area contributed by atoms with Gasteiger partial charge in [-0.1, -0.05) is 45.2 Å². The van der Waals surface area contributed by atoms with Gasteiger partial charge in [-0.3, -0.25) is 0 Å². The summed E-state index contributed by atoms with van der Waals surface area (Å²) >= 11 is 4.78. The number of rotatable bonds is 0. The molecule has 0 radical (unpaired) electrons. The molecule has 0 aliphatic carbocycles. The van der Waals surface area contributed by atoms with Crippen molar-refractivity contribution in [2.45, 2.75) is 45.7 Å². The minimum Gasteiger partial charge on any atom is -0.347 e. The molecule has 3 heterocycles. The first-order chi connectivity index (χ1) is 6.90. The first-order valence-corrected chi connectivity index (χ1v) is 7.06. The van der Waals surface area contributed by atoms with Crippen LogP contribution in [0.4, 0.5) is 0 Å². The third kappa shape index (κ3) is 1.67. The number of alkyl halides is 2. The van der Waals surface area contributed by atoms with Crippen LogP contribution in [0.3, 0.4) is 0 Å². The van der Waals surface area contributed by atoms with Gasteiger partial charge in [0.15, 0.2) is 12.1 Å². The van der Waals surface area contributed by atoms with Crippen molar-refractivity contribution in [2.75, 3.05) is 6.61 Å². The zero-order valence-electron chi connectivity index (χ0n) is 8.41. The van der Waals surface area contributed by atoms with Gasteiger partial charge in [0.25, 0.3) is 0 Å². The molecular weight excluding hydrogens is 426 g/mol.